The first kappa shape index (κ1) is 18.2. The number of hydrogen-bond donors (Lipinski definition) is 1. The minimum absolute atomic E-state index is 0.0782. The van der Waals surface area contributed by atoms with Gasteiger partial charge in [-0.1, -0.05) is 12.1 Å². The van der Waals surface area contributed by atoms with E-state index in [4.69, 9.17) is 4.74 Å². The van der Waals surface area contributed by atoms with Crippen molar-refractivity contribution in [1.29, 1.82) is 0 Å². The summed E-state index contributed by atoms with van der Waals surface area (Å²) in [5.41, 5.74) is 2.57. The first-order valence-electron chi connectivity index (χ1n) is 9.29. The summed E-state index contributed by atoms with van der Waals surface area (Å²) >= 11 is 0. The molecule has 0 atom stereocenters. The van der Waals surface area contributed by atoms with Crippen LogP contribution < -0.4 is 10.1 Å². The molecule has 0 bridgehead atoms. The fourth-order valence-corrected chi connectivity index (χ4v) is 3.66. The van der Waals surface area contributed by atoms with E-state index in [0.29, 0.717) is 12.6 Å². The standard InChI is InChI=1S/C20H31N3O2/c1-20(2)12-16-11-15(5-6-18(16)25-20)13-21-17-7-9-23(10-8-17)14-19(24)22(3)4/h5-6,11,17,21H,7-10,12-14H2,1-4H3. The second-order valence-corrected chi connectivity index (χ2v) is 8.20. The molecule has 2 aliphatic rings. The molecule has 5 nitrogen and oxygen atoms in total. The van der Waals surface area contributed by atoms with Gasteiger partial charge in [0.1, 0.15) is 11.4 Å². The van der Waals surface area contributed by atoms with Gasteiger partial charge in [-0.25, -0.2) is 0 Å². The summed E-state index contributed by atoms with van der Waals surface area (Å²) in [4.78, 5) is 15.7. The van der Waals surface area contributed by atoms with E-state index in [1.54, 1.807) is 4.90 Å². The summed E-state index contributed by atoms with van der Waals surface area (Å²) in [6, 6.07) is 7.09. The molecule has 0 saturated carbocycles. The highest BCUT2D eigenvalue weighted by atomic mass is 16.5. The monoisotopic (exact) mass is 345 g/mol. The number of ether oxygens (including phenoxy) is 1. The van der Waals surface area contributed by atoms with E-state index in [2.05, 4.69) is 42.3 Å². The SMILES string of the molecule is CN(C)C(=O)CN1CCC(NCc2ccc3c(c2)CC(C)(C)O3)CC1. The Labute approximate surface area is 151 Å². The Bertz CT molecular complexity index is 619. The van der Waals surface area contributed by atoms with Crippen LogP contribution in [0.5, 0.6) is 5.75 Å². The first-order chi connectivity index (χ1) is 11.8. The largest absolute Gasteiger partial charge is 0.487 e. The molecule has 1 amide bonds. The highest BCUT2D eigenvalue weighted by Gasteiger charge is 2.30. The normalized spacial score (nSPS) is 20.2. The minimum atomic E-state index is -0.0782. The number of carbonyl (C=O) groups is 1. The summed E-state index contributed by atoms with van der Waals surface area (Å²) in [6.45, 7) is 7.70. The van der Waals surface area contributed by atoms with Gasteiger partial charge >= 0.3 is 0 Å². The van der Waals surface area contributed by atoms with Crippen molar-refractivity contribution in [3.8, 4) is 5.75 Å². The van der Waals surface area contributed by atoms with Gasteiger partial charge in [0.05, 0.1) is 6.54 Å². The third kappa shape index (κ3) is 4.73. The lowest BCUT2D eigenvalue weighted by atomic mass is 10.00. The van der Waals surface area contributed by atoms with Crippen LogP contribution in [0, 0.1) is 0 Å². The number of piperidine rings is 1. The summed E-state index contributed by atoms with van der Waals surface area (Å²) in [6.07, 6.45) is 3.18. The maximum Gasteiger partial charge on any atom is 0.236 e. The third-order valence-electron chi connectivity index (χ3n) is 5.17. The quantitative estimate of drug-likeness (QED) is 0.887. The lowest BCUT2D eigenvalue weighted by Crippen LogP contribution is -2.45. The smallest absolute Gasteiger partial charge is 0.236 e. The lowest BCUT2D eigenvalue weighted by molar-refractivity contribution is -0.130. The van der Waals surface area contributed by atoms with E-state index in [1.165, 1.54) is 11.1 Å². The summed E-state index contributed by atoms with van der Waals surface area (Å²) in [5.74, 6) is 1.22. The second kappa shape index (κ2) is 7.34. The number of likely N-dealkylation sites (N-methyl/N-ethyl adjacent to an activating group) is 1. The molecule has 1 saturated heterocycles. The Hall–Kier alpha value is -1.59. The molecule has 1 fully saturated rings. The first-order valence-corrected chi connectivity index (χ1v) is 9.29. The van der Waals surface area contributed by atoms with Crippen LogP contribution in [-0.4, -0.2) is 61.1 Å². The molecule has 5 heteroatoms. The van der Waals surface area contributed by atoms with Crippen molar-refractivity contribution in [3.63, 3.8) is 0 Å². The molecule has 138 valence electrons. The van der Waals surface area contributed by atoms with Crippen molar-refractivity contribution in [2.24, 2.45) is 0 Å². The molecule has 1 aromatic rings. The van der Waals surface area contributed by atoms with Gasteiger partial charge in [0.2, 0.25) is 5.91 Å². The Morgan fingerprint density at radius 1 is 1.32 bits per heavy atom. The third-order valence-corrected chi connectivity index (χ3v) is 5.17. The van der Waals surface area contributed by atoms with Crippen LogP contribution in [0.2, 0.25) is 0 Å². The van der Waals surface area contributed by atoms with E-state index in [9.17, 15) is 4.79 Å². The number of hydrogen-bond acceptors (Lipinski definition) is 4. The van der Waals surface area contributed by atoms with Crippen LogP contribution in [0.15, 0.2) is 18.2 Å². The van der Waals surface area contributed by atoms with Crippen LogP contribution in [0.25, 0.3) is 0 Å². The van der Waals surface area contributed by atoms with E-state index in [0.717, 1.165) is 44.6 Å². The number of amides is 1. The number of benzene rings is 1. The molecule has 1 aromatic carbocycles. The maximum absolute atomic E-state index is 11.8. The van der Waals surface area contributed by atoms with Gasteiger partial charge in [-0.05, 0) is 43.9 Å². The zero-order valence-electron chi connectivity index (χ0n) is 16.0. The number of fused-ring (bicyclic) bond motifs is 1. The Kier molecular flexibility index (Phi) is 5.35. The van der Waals surface area contributed by atoms with Crippen LogP contribution in [0.4, 0.5) is 0 Å². The summed E-state index contributed by atoms with van der Waals surface area (Å²) in [5, 5.41) is 3.68. The van der Waals surface area contributed by atoms with Crippen LogP contribution in [0.3, 0.4) is 0 Å². The van der Waals surface area contributed by atoms with Gasteiger partial charge < -0.3 is 15.0 Å². The number of nitrogens with one attached hydrogen (secondary N) is 1. The van der Waals surface area contributed by atoms with Crippen molar-refractivity contribution in [1.82, 2.24) is 15.1 Å². The predicted molar refractivity (Wildman–Crippen MR) is 99.8 cm³/mol. The molecule has 0 radical (unpaired) electrons. The molecule has 0 unspecified atom stereocenters. The van der Waals surface area contributed by atoms with Gasteiger partial charge in [-0.15, -0.1) is 0 Å². The molecule has 0 spiro atoms. The molecule has 2 aliphatic heterocycles. The molecule has 25 heavy (non-hydrogen) atoms. The number of carbonyl (C=O) groups excluding carboxylic acids is 1. The fourth-order valence-electron chi connectivity index (χ4n) is 3.66. The Balaban J connectivity index is 1.44. The van der Waals surface area contributed by atoms with Crippen molar-refractivity contribution >= 4 is 5.91 Å². The zero-order chi connectivity index (χ0) is 18.0. The van der Waals surface area contributed by atoms with Gasteiger partial charge in [-0.3, -0.25) is 9.69 Å². The highest BCUT2D eigenvalue weighted by Crippen LogP contribution is 2.35. The van der Waals surface area contributed by atoms with E-state index in [-0.39, 0.29) is 11.5 Å². The van der Waals surface area contributed by atoms with Crippen molar-refractivity contribution in [2.45, 2.75) is 51.3 Å². The maximum atomic E-state index is 11.8. The molecular weight excluding hydrogens is 314 g/mol. The second-order valence-electron chi connectivity index (χ2n) is 8.20. The zero-order valence-corrected chi connectivity index (χ0v) is 16.0. The number of likely N-dealkylation sites (tertiary alicyclic amines) is 1. The Morgan fingerprint density at radius 2 is 2.04 bits per heavy atom. The number of nitrogens with zero attached hydrogens (tertiary/aromatic N) is 2. The van der Waals surface area contributed by atoms with E-state index >= 15 is 0 Å². The van der Waals surface area contributed by atoms with E-state index in [1.807, 2.05) is 14.1 Å². The van der Waals surface area contributed by atoms with Gasteiger partial charge in [0, 0.05) is 46.2 Å². The minimum Gasteiger partial charge on any atom is -0.487 e. The van der Waals surface area contributed by atoms with Crippen LogP contribution in [0.1, 0.15) is 37.8 Å². The van der Waals surface area contributed by atoms with Crippen molar-refractivity contribution in [2.75, 3.05) is 33.7 Å². The van der Waals surface area contributed by atoms with Gasteiger partial charge in [-0.2, -0.15) is 0 Å². The molecule has 0 aliphatic carbocycles. The summed E-state index contributed by atoms with van der Waals surface area (Å²) < 4.78 is 5.95. The van der Waals surface area contributed by atoms with Crippen LogP contribution in [-0.2, 0) is 17.8 Å². The van der Waals surface area contributed by atoms with Crippen LogP contribution >= 0.6 is 0 Å². The molecule has 2 heterocycles. The topological polar surface area (TPSA) is 44.8 Å². The molecule has 0 aromatic heterocycles. The lowest BCUT2D eigenvalue weighted by Gasteiger charge is -2.32. The highest BCUT2D eigenvalue weighted by molar-refractivity contribution is 5.77. The summed E-state index contributed by atoms with van der Waals surface area (Å²) in [7, 11) is 3.64. The van der Waals surface area contributed by atoms with Gasteiger partial charge in [0.25, 0.3) is 0 Å². The molecule has 1 N–H and O–H groups in total. The fraction of sp³-hybridized carbons (Fsp3) is 0.650. The average molecular weight is 345 g/mol. The predicted octanol–water partition coefficient (Wildman–Crippen LogP) is 2.04. The molecule has 3 rings (SSSR count). The number of rotatable bonds is 5. The average Bonchev–Trinajstić information content (AvgIpc) is 2.87. The van der Waals surface area contributed by atoms with E-state index < -0.39 is 0 Å². The van der Waals surface area contributed by atoms with Crippen molar-refractivity contribution < 1.29 is 9.53 Å². The van der Waals surface area contributed by atoms with Gasteiger partial charge in [0.15, 0.2) is 0 Å². The molecular formula is C20H31N3O2. The van der Waals surface area contributed by atoms with Crippen molar-refractivity contribution in [3.05, 3.63) is 29.3 Å². The Morgan fingerprint density at radius 3 is 2.72 bits per heavy atom.